The van der Waals surface area contributed by atoms with Crippen molar-refractivity contribution in [1.29, 1.82) is 0 Å². The number of aryl methyl sites for hydroxylation is 5. The molecule has 4 aromatic rings. The molecule has 9 nitrogen and oxygen atoms in total. The molecule has 0 fully saturated rings. The molecule has 4 aromatic carbocycles. The van der Waals surface area contributed by atoms with Crippen LogP contribution in [0.5, 0.6) is 17.2 Å². The number of hydrogen-bond acceptors (Lipinski definition) is 7. The molecule has 11 heteroatoms. The fraction of sp³-hybridized carbons (Fsp3) is 0.489. The molecule has 0 saturated carbocycles. The zero-order valence-electron chi connectivity index (χ0n) is 36.9. The lowest BCUT2D eigenvalue weighted by molar-refractivity contribution is 0.304. The topological polar surface area (TPSA) is 92.4 Å². The molecular formula is C47H70N4O5S2. The first-order valence-electron chi connectivity index (χ1n) is 21.0. The lowest BCUT2D eigenvalue weighted by atomic mass is 10.1. The minimum absolute atomic E-state index is 0.539. The molecule has 0 amide bonds. The highest BCUT2D eigenvalue weighted by Crippen LogP contribution is 2.28. The SMILES string of the molecule is CCCCCCCCCCCCOc1ccc(OS(=O)Nc2ccc(N(C)CC)cc2C)cc1.CCN(C)c1ccc(NS(=O)Oc2c(C)cc(C)cc2C)c(C)c1. The fourth-order valence-corrected chi connectivity index (χ4v) is 8.02. The fourth-order valence-electron chi connectivity index (χ4n) is 6.42. The highest BCUT2D eigenvalue weighted by molar-refractivity contribution is 7.82. The van der Waals surface area contributed by atoms with Gasteiger partial charge in [-0.25, -0.2) is 0 Å². The summed E-state index contributed by atoms with van der Waals surface area (Å²) in [7, 11) is 4.10. The monoisotopic (exact) mass is 834 g/mol. The maximum Gasteiger partial charge on any atom is 0.316 e. The lowest BCUT2D eigenvalue weighted by Gasteiger charge is -2.19. The second kappa shape index (κ2) is 26.0. The normalized spacial score (nSPS) is 11.8. The molecule has 4 rings (SSSR count). The molecule has 0 heterocycles. The molecule has 0 saturated heterocycles. The Bertz CT molecular complexity index is 1850. The Morgan fingerprint density at radius 1 is 0.517 bits per heavy atom. The number of hydrogen-bond donors (Lipinski definition) is 2. The minimum atomic E-state index is -1.68. The van der Waals surface area contributed by atoms with Crippen LogP contribution in [0, 0.1) is 34.6 Å². The zero-order chi connectivity index (χ0) is 42.5. The molecule has 2 unspecified atom stereocenters. The summed E-state index contributed by atoms with van der Waals surface area (Å²) in [4.78, 5) is 4.31. The third-order valence-corrected chi connectivity index (χ3v) is 11.6. The van der Waals surface area contributed by atoms with Crippen LogP contribution in [0.3, 0.4) is 0 Å². The zero-order valence-corrected chi connectivity index (χ0v) is 38.5. The van der Waals surface area contributed by atoms with Gasteiger partial charge in [0, 0.05) is 38.6 Å². The van der Waals surface area contributed by atoms with Crippen molar-refractivity contribution in [3.63, 3.8) is 0 Å². The van der Waals surface area contributed by atoms with Crippen LogP contribution in [0.25, 0.3) is 0 Å². The van der Waals surface area contributed by atoms with Gasteiger partial charge >= 0.3 is 22.5 Å². The second-order valence-corrected chi connectivity index (χ2v) is 16.8. The number of anilines is 4. The van der Waals surface area contributed by atoms with Crippen LogP contribution in [0.4, 0.5) is 22.7 Å². The number of unbranched alkanes of at least 4 members (excludes halogenated alkanes) is 9. The molecule has 0 aliphatic rings. The Balaban J connectivity index is 0.000000329. The Hall–Kier alpha value is -4.22. The first kappa shape index (κ1) is 48.2. The van der Waals surface area contributed by atoms with E-state index in [1.165, 1.54) is 63.4 Å². The van der Waals surface area contributed by atoms with Crippen molar-refractivity contribution in [3.05, 3.63) is 101 Å². The van der Waals surface area contributed by atoms with E-state index < -0.39 is 22.5 Å². The summed E-state index contributed by atoms with van der Waals surface area (Å²) in [5.41, 5.74) is 9.06. The van der Waals surface area contributed by atoms with E-state index in [-0.39, 0.29) is 0 Å². The van der Waals surface area contributed by atoms with Gasteiger partial charge in [0.05, 0.1) is 18.0 Å². The summed E-state index contributed by atoms with van der Waals surface area (Å²) in [6.45, 7) is 19.0. The van der Waals surface area contributed by atoms with Gasteiger partial charge in [0.15, 0.2) is 0 Å². The molecule has 0 aromatic heterocycles. The van der Waals surface area contributed by atoms with Crippen molar-refractivity contribution in [3.8, 4) is 17.2 Å². The van der Waals surface area contributed by atoms with Crippen LogP contribution in [-0.4, -0.2) is 42.2 Å². The van der Waals surface area contributed by atoms with Crippen LogP contribution in [0.1, 0.15) is 113 Å². The maximum atomic E-state index is 12.4. The molecule has 0 aliphatic carbocycles. The summed E-state index contributed by atoms with van der Waals surface area (Å²) in [5.74, 6) is 2.03. The Morgan fingerprint density at radius 2 is 0.948 bits per heavy atom. The Kier molecular flexibility index (Phi) is 21.6. The number of nitrogens with zero attached hydrogens (tertiary/aromatic N) is 2. The van der Waals surface area contributed by atoms with E-state index in [9.17, 15) is 8.42 Å². The van der Waals surface area contributed by atoms with Crippen LogP contribution in [0.15, 0.2) is 72.8 Å². The molecule has 0 bridgehead atoms. The first-order valence-corrected chi connectivity index (χ1v) is 23.2. The molecular weight excluding hydrogens is 765 g/mol. The number of rotatable bonds is 24. The van der Waals surface area contributed by atoms with Crippen molar-refractivity contribution in [2.75, 3.05) is 53.0 Å². The number of nitrogens with one attached hydrogen (secondary N) is 2. The molecule has 0 spiro atoms. The van der Waals surface area contributed by atoms with Crippen molar-refractivity contribution >= 4 is 45.3 Å². The molecule has 0 aliphatic heterocycles. The van der Waals surface area contributed by atoms with E-state index in [0.29, 0.717) is 11.5 Å². The van der Waals surface area contributed by atoms with Crippen molar-refractivity contribution < 1.29 is 21.5 Å². The maximum absolute atomic E-state index is 12.4. The third kappa shape index (κ3) is 16.9. The van der Waals surface area contributed by atoms with E-state index in [0.717, 1.165) is 76.9 Å². The smallest absolute Gasteiger partial charge is 0.316 e. The van der Waals surface area contributed by atoms with Crippen molar-refractivity contribution in [2.24, 2.45) is 0 Å². The second-order valence-electron chi connectivity index (χ2n) is 15.1. The van der Waals surface area contributed by atoms with Gasteiger partial charge in [0.25, 0.3) is 0 Å². The van der Waals surface area contributed by atoms with Crippen LogP contribution >= 0.6 is 0 Å². The van der Waals surface area contributed by atoms with Crippen molar-refractivity contribution in [1.82, 2.24) is 0 Å². The molecule has 58 heavy (non-hydrogen) atoms. The van der Waals surface area contributed by atoms with E-state index in [4.69, 9.17) is 13.1 Å². The Morgan fingerprint density at radius 3 is 1.40 bits per heavy atom. The van der Waals surface area contributed by atoms with Crippen LogP contribution < -0.4 is 32.3 Å². The predicted octanol–water partition coefficient (Wildman–Crippen LogP) is 12.3. The van der Waals surface area contributed by atoms with Crippen molar-refractivity contribution in [2.45, 2.75) is 120 Å². The molecule has 320 valence electrons. The molecule has 2 N–H and O–H groups in total. The van der Waals surface area contributed by atoms with Gasteiger partial charge in [-0.1, -0.05) is 82.4 Å². The average Bonchev–Trinajstić information content (AvgIpc) is 3.20. The summed E-state index contributed by atoms with van der Waals surface area (Å²) in [6, 6.07) is 23.4. The Labute approximate surface area is 355 Å². The quantitative estimate of drug-likeness (QED) is 0.0679. The van der Waals surface area contributed by atoms with Gasteiger partial charge in [-0.15, -0.1) is 0 Å². The van der Waals surface area contributed by atoms with E-state index in [1.807, 2.05) is 97.2 Å². The summed E-state index contributed by atoms with van der Waals surface area (Å²) in [5, 5.41) is 0. The summed E-state index contributed by atoms with van der Waals surface area (Å²) in [6.07, 6.45) is 13.2. The molecule has 2 atom stereocenters. The highest BCUT2D eigenvalue weighted by Gasteiger charge is 2.12. The van der Waals surface area contributed by atoms with Crippen LogP contribution in [0.2, 0.25) is 0 Å². The van der Waals surface area contributed by atoms with Gasteiger partial charge in [-0.3, -0.25) is 9.44 Å². The highest BCUT2D eigenvalue weighted by atomic mass is 32.2. The number of benzene rings is 4. The van der Waals surface area contributed by atoms with E-state index in [1.54, 1.807) is 12.1 Å². The van der Waals surface area contributed by atoms with Gasteiger partial charge in [0.1, 0.15) is 17.2 Å². The molecule has 0 radical (unpaired) electrons. The third-order valence-electron chi connectivity index (χ3n) is 10.2. The van der Waals surface area contributed by atoms with E-state index >= 15 is 0 Å². The van der Waals surface area contributed by atoms with Gasteiger partial charge in [-0.05, 0) is 138 Å². The average molecular weight is 835 g/mol. The van der Waals surface area contributed by atoms with Gasteiger partial charge < -0.3 is 22.9 Å². The standard InChI is InChI=1S/C28H44N2O3S.C19H26N2O2S/c1-5-7-8-9-10-11-12-13-14-15-22-32-26-17-19-27(20-18-26)33-34(31)29-28-21-16-25(23-24(28)3)30(4)6-2;1-7-21(6)17-8-9-18(14(3)12-17)20-24(22)23-19-15(4)10-13(2)11-16(19)5/h16-21,23,29H,5-15,22H2,1-4H3;8-12,20H,7H2,1-6H3. The van der Waals surface area contributed by atoms with Gasteiger partial charge in [-0.2, -0.15) is 8.42 Å². The summed E-state index contributed by atoms with van der Waals surface area (Å²) >= 11 is -3.32. The van der Waals surface area contributed by atoms with Gasteiger partial charge in [0.2, 0.25) is 0 Å². The number of ether oxygens (including phenoxy) is 1. The minimum Gasteiger partial charge on any atom is -0.494 e. The largest absolute Gasteiger partial charge is 0.494 e. The van der Waals surface area contributed by atoms with Crippen LogP contribution in [-0.2, 0) is 22.5 Å². The van der Waals surface area contributed by atoms with E-state index in [2.05, 4.69) is 52.1 Å². The first-order chi connectivity index (χ1) is 27.8. The summed E-state index contributed by atoms with van der Waals surface area (Å²) < 4.78 is 47.7. The lowest BCUT2D eigenvalue weighted by Crippen LogP contribution is -2.16. The predicted molar refractivity (Wildman–Crippen MR) is 249 cm³/mol.